The first-order chi connectivity index (χ1) is 13.8. The maximum atomic E-state index is 16.9. The molecule has 0 fully saturated rings. The van der Waals surface area contributed by atoms with Crippen LogP contribution in [-0.2, 0) is 4.43 Å². The molecule has 0 bridgehead atoms. The van der Waals surface area contributed by atoms with E-state index in [1.165, 1.54) is 0 Å². The minimum atomic E-state index is -2.35. The summed E-state index contributed by atoms with van der Waals surface area (Å²) >= 11 is 3.40. The third kappa shape index (κ3) is 5.00. The number of aliphatic hydroxyl groups is 1. The van der Waals surface area contributed by atoms with Crippen molar-refractivity contribution < 1.29 is 13.9 Å². The summed E-state index contributed by atoms with van der Waals surface area (Å²) in [6.45, 7) is 14.7. The molecule has 0 unspecified atom stereocenters. The Balaban J connectivity index is 2.73. The Hall–Kier alpha value is -0.753. The molecule has 30 heavy (non-hydrogen) atoms. The van der Waals surface area contributed by atoms with Crippen molar-refractivity contribution in [1.82, 2.24) is 0 Å². The maximum Gasteiger partial charge on any atom is 0.222 e. The first-order valence-electron chi connectivity index (χ1n) is 11.1. The topological polar surface area (TPSA) is 29.5 Å². The Labute approximate surface area is 191 Å². The highest BCUT2D eigenvalue weighted by Crippen LogP contribution is 2.53. The first-order valence-corrected chi connectivity index (χ1v) is 14.8. The molecule has 0 aliphatic carbocycles. The fraction of sp³-hybridized carbons (Fsp3) is 0.600. The van der Waals surface area contributed by atoms with Crippen LogP contribution >= 0.6 is 15.9 Å². The second-order valence-corrected chi connectivity index (χ2v) is 15.9. The van der Waals surface area contributed by atoms with Crippen molar-refractivity contribution in [3.8, 4) is 0 Å². The highest BCUT2D eigenvalue weighted by molar-refractivity contribution is 9.10. The van der Waals surface area contributed by atoms with Gasteiger partial charge >= 0.3 is 0 Å². The molecule has 0 amide bonds. The van der Waals surface area contributed by atoms with Crippen molar-refractivity contribution in [2.75, 3.05) is 0 Å². The molecule has 5 heteroatoms. The smallest absolute Gasteiger partial charge is 0.222 e. The Kier molecular flexibility index (Phi) is 7.99. The molecule has 0 aromatic heterocycles. The molecule has 2 atom stereocenters. The number of rotatable bonds is 9. The van der Waals surface area contributed by atoms with Crippen molar-refractivity contribution >= 4 is 35.0 Å². The average Bonchev–Trinajstić information content (AvgIpc) is 2.65. The molecule has 0 saturated carbocycles. The predicted molar refractivity (Wildman–Crippen MR) is 133 cm³/mol. The van der Waals surface area contributed by atoms with Crippen LogP contribution < -0.4 is 0 Å². The van der Waals surface area contributed by atoms with E-state index in [1.54, 1.807) is 0 Å². The van der Waals surface area contributed by atoms with Crippen LogP contribution in [0.5, 0.6) is 0 Å². The molecule has 2 rings (SSSR count). The molecule has 0 aliphatic rings. The van der Waals surface area contributed by atoms with Crippen molar-refractivity contribution in [1.29, 1.82) is 0 Å². The van der Waals surface area contributed by atoms with Crippen LogP contribution in [0.3, 0.4) is 0 Å². The van der Waals surface area contributed by atoms with Crippen molar-refractivity contribution in [3.63, 3.8) is 0 Å². The summed E-state index contributed by atoms with van der Waals surface area (Å²) < 4.78 is 21.5. The molecular weight excluding hydrogens is 459 g/mol. The van der Waals surface area contributed by atoms with E-state index in [0.717, 1.165) is 16.3 Å². The lowest BCUT2D eigenvalue weighted by Gasteiger charge is -2.47. The van der Waals surface area contributed by atoms with Crippen molar-refractivity contribution in [2.45, 2.75) is 94.7 Å². The summed E-state index contributed by atoms with van der Waals surface area (Å²) in [5.74, 6) is 0. The molecule has 0 heterocycles. The molecule has 0 aliphatic heterocycles. The Morgan fingerprint density at radius 3 is 2.07 bits per heavy atom. The van der Waals surface area contributed by atoms with Gasteiger partial charge in [-0.1, -0.05) is 89.9 Å². The van der Waals surface area contributed by atoms with E-state index in [0.29, 0.717) is 25.7 Å². The summed E-state index contributed by atoms with van der Waals surface area (Å²) in [5, 5.41) is 13.5. The largest absolute Gasteiger partial charge is 0.406 e. The zero-order chi connectivity index (χ0) is 22.8. The van der Waals surface area contributed by atoms with Crippen LogP contribution in [0.2, 0.25) is 18.1 Å². The maximum absolute atomic E-state index is 16.9. The van der Waals surface area contributed by atoms with E-state index in [1.807, 2.05) is 56.3 Å². The van der Waals surface area contributed by atoms with Crippen LogP contribution in [0.25, 0.3) is 10.8 Å². The molecule has 0 saturated heterocycles. The lowest BCUT2D eigenvalue weighted by atomic mass is 9.82. The third-order valence-corrected chi connectivity index (χ3v) is 12.2. The third-order valence-electron chi connectivity index (χ3n) is 6.60. The SMILES string of the molecule is CCCC(O)(CCC)[C@](F)(Br)[C@@H](O[Si](C)(C)C(C)(C)C)c1cccc2ccccc12. The standard InChI is InChI=1S/C25H38BrFO2Si/c1-8-17-24(28,18-9-2)25(26,27)22(29-30(6,7)23(3,4)5)21-16-12-14-19-13-10-11-15-20(19)21/h10-16,22,28H,8-9,17-18H2,1-7H3/t22-,25-/m0/s1. The molecule has 2 nitrogen and oxygen atoms in total. The highest BCUT2D eigenvalue weighted by atomic mass is 79.9. The van der Waals surface area contributed by atoms with Crippen LogP contribution in [-0.4, -0.2) is 23.6 Å². The zero-order valence-corrected chi connectivity index (χ0v) is 22.1. The predicted octanol–water partition coefficient (Wildman–Crippen LogP) is 8.29. The fourth-order valence-corrected chi connectivity index (χ4v) is 5.95. The number of halogens is 2. The minimum Gasteiger partial charge on any atom is -0.406 e. The summed E-state index contributed by atoms with van der Waals surface area (Å²) in [6, 6.07) is 13.9. The van der Waals surface area contributed by atoms with Gasteiger partial charge in [-0.15, -0.1) is 0 Å². The normalized spacial score (nSPS) is 16.5. The monoisotopic (exact) mass is 496 g/mol. The van der Waals surface area contributed by atoms with Gasteiger partial charge in [-0.2, -0.15) is 0 Å². The van der Waals surface area contributed by atoms with Crippen LogP contribution in [0.15, 0.2) is 42.5 Å². The fourth-order valence-electron chi connectivity index (χ4n) is 3.81. The second kappa shape index (κ2) is 9.39. The summed E-state index contributed by atoms with van der Waals surface area (Å²) in [6.07, 6.45) is 1.19. The van der Waals surface area contributed by atoms with Gasteiger partial charge in [0.1, 0.15) is 11.7 Å². The van der Waals surface area contributed by atoms with Gasteiger partial charge in [-0.25, -0.2) is 4.39 Å². The van der Waals surface area contributed by atoms with E-state index in [4.69, 9.17) is 4.43 Å². The average molecular weight is 498 g/mol. The van der Waals surface area contributed by atoms with E-state index < -0.39 is 24.6 Å². The molecular formula is C25H38BrFO2Si. The molecule has 2 aromatic rings. The molecule has 1 N–H and O–H groups in total. The van der Waals surface area contributed by atoms with Gasteiger partial charge in [0.15, 0.2) is 8.32 Å². The number of fused-ring (bicyclic) bond motifs is 1. The van der Waals surface area contributed by atoms with Crippen LogP contribution in [0.4, 0.5) is 4.39 Å². The molecule has 0 spiro atoms. The van der Waals surface area contributed by atoms with Crippen LogP contribution in [0.1, 0.15) is 72.0 Å². The van der Waals surface area contributed by atoms with Gasteiger partial charge in [-0.05, 0) is 63.2 Å². The summed E-state index contributed by atoms with van der Waals surface area (Å²) in [4.78, 5) is 0. The van der Waals surface area contributed by atoms with E-state index in [-0.39, 0.29) is 5.04 Å². The van der Waals surface area contributed by atoms with Gasteiger partial charge in [0.05, 0.1) is 0 Å². The number of hydrogen-bond donors (Lipinski definition) is 1. The minimum absolute atomic E-state index is 0.0907. The molecule has 0 radical (unpaired) electrons. The quantitative estimate of drug-likeness (QED) is 0.279. The number of alkyl halides is 2. The van der Waals surface area contributed by atoms with E-state index in [9.17, 15) is 5.11 Å². The Bertz CT molecular complexity index is 833. The number of benzene rings is 2. The van der Waals surface area contributed by atoms with Gasteiger partial charge in [0.2, 0.25) is 4.58 Å². The zero-order valence-electron chi connectivity index (χ0n) is 19.6. The molecule has 2 aromatic carbocycles. The molecule has 168 valence electrons. The second-order valence-electron chi connectivity index (χ2n) is 9.98. The lowest BCUT2D eigenvalue weighted by Crippen LogP contribution is -2.54. The van der Waals surface area contributed by atoms with E-state index >= 15 is 4.39 Å². The van der Waals surface area contributed by atoms with Gasteiger partial charge in [0, 0.05) is 0 Å². The van der Waals surface area contributed by atoms with Crippen molar-refractivity contribution in [2.24, 2.45) is 0 Å². The summed E-state index contributed by atoms with van der Waals surface area (Å²) in [5.41, 5.74) is -0.747. The van der Waals surface area contributed by atoms with Gasteiger partial charge < -0.3 is 9.53 Å². The van der Waals surface area contributed by atoms with Gasteiger partial charge in [0.25, 0.3) is 0 Å². The first kappa shape index (κ1) is 25.5. The Morgan fingerprint density at radius 1 is 1.00 bits per heavy atom. The lowest BCUT2D eigenvalue weighted by molar-refractivity contribution is -0.110. The summed E-state index contributed by atoms with van der Waals surface area (Å²) in [7, 11) is -2.35. The Morgan fingerprint density at radius 2 is 1.53 bits per heavy atom. The van der Waals surface area contributed by atoms with Gasteiger partial charge in [-0.3, -0.25) is 0 Å². The number of hydrogen-bond acceptors (Lipinski definition) is 2. The van der Waals surface area contributed by atoms with Crippen molar-refractivity contribution in [3.05, 3.63) is 48.0 Å². The van der Waals surface area contributed by atoms with E-state index in [2.05, 4.69) is 49.8 Å². The van der Waals surface area contributed by atoms with Crippen LogP contribution in [0, 0.1) is 0 Å². The highest BCUT2D eigenvalue weighted by Gasteiger charge is 2.57.